The van der Waals surface area contributed by atoms with Crippen LogP contribution >= 0.6 is 0 Å². The Labute approximate surface area is 165 Å². The Bertz CT molecular complexity index is 1100. The van der Waals surface area contributed by atoms with Crippen molar-refractivity contribution < 1.29 is 24.5 Å². The van der Waals surface area contributed by atoms with Crippen molar-refractivity contribution in [2.75, 3.05) is 6.61 Å². The lowest BCUT2D eigenvalue weighted by Crippen LogP contribution is -2.14. The number of rotatable bonds is 4. The standard InChI is InChI=1S/C20H18N4O5/c25-17(22-23-18(26)13-3-1-7-21-10-13)12-5-6-15-16(9-12)20(28)24(19(15)27)11-14-4-2-8-29-14/h1,3,5-7,9-10,14,27-28H,2,4,8,11H2. The number of carbonyl (C=O) groups excluding carboxylic acids is 2. The molecule has 4 rings (SSSR count). The number of nitrogens with zero attached hydrogens (tertiary/aromatic N) is 4. The van der Waals surface area contributed by atoms with E-state index in [1.807, 2.05) is 0 Å². The summed E-state index contributed by atoms with van der Waals surface area (Å²) in [5.41, 5.74) is 0.345. The van der Waals surface area contributed by atoms with Gasteiger partial charge < -0.3 is 14.9 Å². The average Bonchev–Trinajstić information content (AvgIpc) is 3.35. The minimum Gasteiger partial charge on any atom is -0.494 e. The molecule has 1 aliphatic heterocycles. The van der Waals surface area contributed by atoms with Crippen LogP contribution in [0.5, 0.6) is 11.8 Å². The number of amides is 2. The lowest BCUT2D eigenvalue weighted by Gasteiger charge is -2.12. The molecule has 148 valence electrons. The van der Waals surface area contributed by atoms with E-state index in [0.29, 0.717) is 23.9 Å². The van der Waals surface area contributed by atoms with Gasteiger partial charge in [-0.25, -0.2) is 0 Å². The van der Waals surface area contributed by atoms with Gasteiger partial charge in [-0.2, -0.15) is 0 Å². The molecule has 3 heterocycles. The molecule has 2 N–H and O–H groups in total. The van der Waals surface area contributed by atoms with Crippen LogP contribution in [-0.4, -0.2) is 44.3 Å². The van der Waals surface area contributed by atoms with Crippen molar-refractivity contribution in [1.82, 2.24) is 9.55 Å². The predicted molar refractivity (Wildman–Crippen MR) is 102 cm³/mol. The van der Waals surface area contributed by atoms with Crippen LogP contribution in [0.2, 0.25) is 0 Å². The topological polar surface area (TPSA) is 126 Å². The Morgan fingerprint density at radius 3 is 2.55 bits per heavy atom. The van der Waals surface area contributed by atoms with Crippen molar-refractivity contribution >= 4 is 22.6 Å². The molecule has 9 nitrogen and oxygen atoms in total. The number of hydrogen-bond donors (Lipinski definition) is 2. The van der Waals surface area contributed by atoms with E-state index in [1.165, 1.54) is 41.2 Å². The summed E-state index contributed by atoms with van der Waals surface area (Å²) >= 11 is 0. The SMILES string of the molecule is O=C(N=NC(=O)c1ccc2c(O)n(CC3CCCO3)c(O)c2c1)c1cccnc1. The van der Waals surface area contributed by atoms with Gasteiger partial charge in [0.15, 0.2) is 0 Å². The molecule has 1 unspecified atom stereocenters. The third-order valence-electron chi connectivity index (χ3n) is 4.81. The fourth-order valence-electron chi connectivity index (χ4n) is 3.31. The van der Waals surface area contributed by atoms with Crippen molar-refractivity contribution in [3.63, 3.8) is 0 Å². The highest BCUT2D eigenvalue weighted by Gasteiger charge is 2.23. The van der Waals surface area contributed by atoms with E-state index in [-0.39, 0.29) is 29.0 Å². The largest absolute Gasteiger partial charge is 0.494 e. The molecule has 3 aromatic rings. The third kappa shape index (κ3) is 3.72. The van der Waals surface area contributed by atoms with Crippen LogP contribution < -0.4 is 0 Å². The van der Waals surface area contributed by atoms with Crippen LogP contribution in [0.4, 0.5) is 0 Å². The number of pyridine rings is 1. The minimum atomic E-state index is -0.741. The molecule has 1 saturated heterocycles. The molecule has 9 heteroatoms. The van der Waals surface area contributed by atoms with Gasteiger partial charge in [0.05, 0.1) is 18.2 Å². The second-order valence-electron chi connectivity index (χ2n) is 6.71. The van der Waals surface area contributed by atoms with E-state index in [1.54, 1.807) is 6.07 Å². The van der Waals surface area contributed by atoms with E-state index in [9.17, 15) is 19.8 Å². The molecule has 1 aliphatic rings. The maximum absolute atomic E-state index is 12.3. The number of fused-ring (bicyclic) bond motifs is 1. The van der Waals surface area contributed by atoms with Gasteiger partial charge in [0, 0.05) is 35.3 Å². The zero-order chi connectivity index (χ0) is 20.4. The number of carbonyl (C=O) groups is 2. The van der Waals surface area contributed by atoms with Crippen molar-refractivity contribution in [2.24, 2.45) is 10.2 Å². The Morgan fingerprint density at radius 1 is 1.10 bits per heavy atom. The summed E-state index contributed by atoms with van der Waals surface area (Å²) in [6.07, 6.45) is 4.55. The molecular formula is C20H18N4O5. The Kier molecular flexibility index (Phi) is 5.05. The van der Waals surface area contributed by atoms with Gasteiger partial charge >= 0.3 is 0 Å². The summed E-state index contributed by atoms with van der Waals surface area (Å²) < 4.78 is 6.92. The molecular weight excluding hydrogens is 376 g/mol. The highest BCUT2D eigenvalue weighted by molar-refractivity contribution is 6.03. The number of ether oxygens (including phenoxy) is 1. The summed E-state index contributed by atoms with van der Waals surface area (Å²) in [5, 5.41) is 28.6. The maximum atomic E-state index is 12.3. The smallest absolute Gasteiger partial charge is 0.297 e. The molecule has 2 amide bonds. The van der Waals surface area contributed by atoms with Crippen molar-refractivity contribution in [2.45, 2.75) is 25.5 Å². The Balaban J connectivity index is 1.58. The first-order chi connectivity index (χ1) is 14.0. The fraction of sp³-hybridized carbons (Fsp3) is 0.250. The van der Waals surface area contributed by atoms with Crippen LogP contribution in [0.3, 0.4) is 0 Å². The van der Waals surface area contributed by atoms with Gasteiger partial charge in [-0.3, -0.25) is 19.1 Å². The molecule has 1 aromatic carbocycles. The van der Waals surface area contributed by atoms with Crippen LogP contribution in [0.1, 0.15) is 33.6 Å². The van der Waals surface area contributed by atoms with Crippen LogP contribution in [0, 0.1) is 0 Å². The summed E-state index contributed by atoms with van der Waals surface area (Å²) in [4.78, 5) is 28.0. The van der Waals surface area contributed by atoms with Gasteiger partial charge in [-0.1, -0.05) is 0 Å². The van der Waals surface area contributed by atoms with Crippen LogP contribution in [-0.2, 0) is 11.3 Å². The second-order valence-corrected chi connectivity index (χ2v) is 6.71. The molecule has 2 aromatic heterocycles. The number of hydrogen-bond acceptors (Lipinski definition) is 6. The third-order valence-corrected chi connectivity index (χ3v) is 4.81. The van der Waals surface area contributed by atoms with E-state index < -0.39 is 11.8 Å². The second kappa shape index (κ2) is 7.80. The minimum absolute atomic E-state index is 0.0815. The van der Waals surface area contributed by atoms with Crippen LogP contribution in [0.25, 0.3) is 10.8 Å². The molecule has 0 bridgehead atoms. The number of azo groups is 1. The maximum Gasteiger partial charge on any atom is 0.297 e. The molecule has 0 spiro atoms. The van der Waals surface area contributed by atoms with Gasteiger partial charge in [0.25, 0.3) is 11.8 Å². The Hall–Kier alpha value is -3.59. The van der Waals surface area contributed by atoms with E-state index >= 15 is 0 Å². The zero-order valence-electron chi connectivity index (χ0n) is 15.4. The average molecular weight is 394 g/mol. The lowest BCUT2D eigenvalue weighted by molar-refractivity contribution is 0.0930. The quantitative estimate of drug-likeness (QED) is 0.655. The molecule has 29 heavy (non-hydrogen) atoms. The molecule has 0 radical (unpaired) electrons. The first kappa shape index (κ1) is 18.8. The fourth-order valence-corrected chi connectivity index (χ4v) is 3.31. The van der Waals surface area contributed by atoms with Crippen molar-refractivity contribution in [3.8, 4) is 11.8 Å². The first-order valence-corrected chi connectivity index (χ1v) is 9.11. The van der Waals surface area contributed by atoms with Crippen molar-refractivity contribution in [1.29, 1.82) is 0 Å². The van der Waals surface area contributed by atoms with Gasteiger partial charge in [-0.05, 0) is 43.2 Å². The van der Waals surface area contributed by atoms with Gasteiger partial charge in [0.1, 0.15) is 0 Å². The summed E-state index contributed by atoms with van der Waals surface area (Å²) in [6, 6.07) is 7.47. The normalized spacial score (nSPS) is 16.6. The highest BCUT2D eigenvalue weighted by Crippen LogP contribution is 2.37. The monoisotopic (exact) mass is 394 g/mol. The van der Waals surface area contributed by atoms with Crippen molar-refractivity contribution in [3.05, 3.63) is 53.9 Å². The zero-order valence-corrected chi connectivity index (χ0v) is 15.4. The summed E-state index contributed by atoms with van der Waals surface area (Å²) in [6.45, 7) is 0.976. The predicted octanol–water partition coefficient (Wildman–Crippen LogP) is 3.06. The number of benzene rings is 1. The van der Waals surface area contributed by atoms with Gasteiger partial charge in [0.2, 0.25) is 11.8 Å². The summed E-state index contributed by atoms with van der Waals surface area (Å²) in [7, 11) is 0. The van der Waals surface area contributed by atoms with Gasteiger partial charge in [-0.15, -0.1) is 10.2 Å². The highest BCUT2D eigenvalue weighted by atomic mass is 16.5. The van der Waals surface area contributed by atoms with E-state index in [0.717, 1.165) is 12.8 Å². The van der Waals surface area contributed by atoms with Crippen LogP contribution in [0.15, 0.2) is 53.0 Å². The lowest BCUT2D eigenvalue weighted by atomic mass is 10.1. The molecule has 0 aliphatic carbocycles. The van der Waals surface area contributed by atoms with E-state index in [2.05, 4.69) is 15.2 Å². The first-order valence-electron chi connectivity index (χ1n) is 9.11. The number of aromatic hydroxyl groups is 2. The molecule has 0 saturated carbocycles. The van der Waals surface area contributed by atoms with E-state index in [4.69, 9.17) is 4.74 Å². The molecule has 1 atom stereocenters. The summed E-state index contributed by atoms with van der Waals surface area (Å²) in [5.74, 6) is -1.68. The number of aromatic nitrogens is 2. The Morgan fingerprint density at radius 2 is 1.86 bits per heavy atom. The molecule has 1 fully saturated rings.